The Kier molecular flexibility index (Phi) is 15.1. The standard InChI is InChI=1S/C23H37N5O5S2/c1-35-12-10-17(26-20(29)16(25)13-15-7-3-2-4-8-15)21(30)28-19(14-34)22(31)27-18(23(32)33)9-5-6-11-24/h2-4,7-8,16-19,34H,5-6,9-14,24-25H2,1H3,(H,26,29)(H,27,31)(H,28,30)(H,32,33). The topological polar surface area (TPSA) is 177 Å². The van der Waals surface area contributed by atoms with Crippen molar-refractivity contribution in [2.45, 2.75) is 56.3 Å². The molecule has 3 amide bonds. The molecule has 0 aliphatic carbocycles. The summed E-state index contributed by atoms with van der Waals surface area (Å²) in [4.78, 5) is 49.8. The number of unbranched alkanes of at least 4 members (excludes halogenated alkanes) is 1. The van der Waals surface area contributed by atoms with Crippen molar-refractivity contribution < 1.29 is 24.3 Å². The maximum Gasteiger partial charge on any atom is 0.326 e. The summed E-state index contributed by atoms with van der Waals surface area (Å²) in [5.74, 6) is -2.34. The highest BCUT2D eigenvalue weighted by molar-refractivity contribution is 7.98. The molecule has 0 aliphatic rings. The molecule has 4 unspecified atom stereocenters. The van der Waals surface area contributed by atoms with Gasteiger partial charge in [-0.25, -0.2) is 4.79 Å². The molecule has 1 rings (SSSR count). The van der Waals surface area contributed by atoms with Gasteiger partial charge in [-0.2, -0.15) is 24.4 Å². The molecule has 10 nitrogen and oxygen atoms in total. The minimum atomic E-state index is -1.17. The van der Waals surface area contributed by atoms with E-state index in [1.165, 1.54) is 11.8 Å². The summed E-state index contributed by atoms with van der Waals surface area (Å²) >= 11 is 5.64. The summed E-state index contributed by atoms with van der Waals surface area (Å²) in [6.45, 7) is 0.424. The molecule has 0 spiro atoms. The van der Waals surface area contributed by atoms with Crippen molar-refractivity contribution in [2.75, 3.05) is 24.3 Å². The molecule has 196 valence electrons. The Bertz CT molecular complexity index is 815. The van der Waals surface area contributed by atoms with Crippen LogP contribution in [0.25, 0.3) is 0 Å². The summed E-state index contributed by atoms with van der Waals surface area (Å²) in [6, 6.07) is 5.36. The average molecular weight is 528 g/mol. The zero-order valence-electron chi connectivity index (χ0n) is 19.9. The van der Waals surface area contributed by atoms with Crippen LogP contribution in [0.4, 0.5) is 0 Å². The van der Waals surface area contributed by atoms with E-state index in [9.17, 15) is 24.3 Å². The molecule has 12 heteroatoms. The zero-order valence-corrected chi connectivity index (χ0v) is 21.7. The molecule has 0 saturated heterocycles. The number of benzene rings is 1. The van der Waals surface area contributed by atoms with Crippen molar-refractivity contribution in [1.82, 2.24) is 16.0 Å². The lowest BCUT2D eigenvalue weighted by Gasteiger charge is -2.24. The number of thiol groups is 1. The van der Waals surface area contributed by atoms with Gasteiger partial charge in [0.2, 0.25) is 17.7 Å². The number of nitrogens with one attached hydrogen (secondary N) is 3. The number of hydrogen-bond donors (Lipinski definition) is 7. The van der Waals surface area contributed by atoms with Crippen molar-refractivity contribution in [2.24, 2.45) is 11.5 Å². The second-order valence-corrected chi connectivity index (χ2v) is 9.42. The largest absolute Gasteiger partial charge is 0.480 e. The highest BCUT2D eigenvalue weighted by atomic mass is 32.2. The van der Waals surface area contributed by atoms with Crippen LogP contribution < -0.4 is 27.4 Å². The van der Waals surface area contributed by atoms with Gasteiger partial charge in [0.25, 0.3) is 0 Å². The normalized spacial score (nSPS) is 14.3. The SMILES string of the molecule is CSCCC(NC(=O)C(N)Cc1ccccc1)C(=O)NC(CS)C(=O)NC(CCCCN)C(=O)O. The minimum Gasteiger partial charge on any atom is -0.480 e. The van der Waals surface area contributed by atoms with E-state index in [0.717, 1.165) is 5.56 Å². The maximum absolute atomic E-state index is 12.9. The fourth-order valence-electron chi connectivity index (χ4n) is 3.23. The third-order valence-electron chi connectivity index (χ3n) is 5.26. The lowest BCUT2D eigenvalue weighted by Crippen LogP contribution is -2.57. The van der Waals surface area contributed by atoms with Crippen molar-refractivity contribution >= 4 is 48.1 Å². The minimum absolute atomic E-state index is 0.0522. The van der Waals surface area contributed by atoms with Crippen molar-refractivity contribution in [1.29, 1.82) is 0 Å². The van der Waals surface area contributed by atoms with Crippen LogP contribution >= 0.6 is 24.4 Å². The van der Waals surface area contributed by atoms with E-state index < -0.39 is 47.9 Å². The fourth-order valence-corrected chi connectivity index (χ4v) is 3.96. The van der Waals surface area contributed by atoms with Gasteiger partial charge in [0.15, 0.2) is 0 Å². The summed E-state index contributed by atoms with van der Waals surface area (Å²) in [5.41, 5.74) is 12.4. The van der Waals surface area contributed by atoms with Crippen LogP contribution in [0.15, 0.2) is 30.3 Å². The predicted molar refractivity (Wildman–Crippen MR) is 141 cm³/mol. The number of hydrogen-bond acceptors (Lipinski definition) is 8. The Morgan fingerprint density at radius 3 is 2.11 bits per heavy atom. The van der Waals surface area contributed by atoms with Crippen LogP contribution in [0.3, 0.4) is 0 Å². The van der Waals surface area contributed by atoms with Gasteiger partial charge in [0, 0.05) is 5.75 Å². The molecular weight excluding hydrogens is 490 g/mol. The van der Waals surface area contributed by atoms with Gasteiger partial charge in [-0.15, -0.1) is 0 Å². The first-order valence-corrected chi connectivity index (χ1v) is 13.5. The Morgan fingerprint density at radius 2 is 1.54 bits per heavy atom. The number of carbonyl (C=O) groups is 4. The summed E-state index contributed by atoms with van der Waals surface area (Å²) < 4.78 is 0. The van der Waals surface area contributed by atoms with Gasteiger partial charge in [0.1, 0.15) is 18.1 Å². The summed E-state index contributed by atoms with van der Waals surface area (Å²) in [5, 5.41) is 17.1. The molecule has 35 heavy (non-hydrogen) atoms. The van der Waals surface area contributed by atoms with E-state index in [4.69, 9.17) is 11.5 Å². The maximum atomic E-state index is 12.9. The molecule has 1 aromatic rings. The number of carbonyl (C=O) groups excluding carboxylic acids is 3. The molecule has 0 saturated carbocycles. The number of amides is 3. The molecule has 0 aliphatic heterocycles. The smallest absolute Gasteiger partial charge is 0.326 e. The first-order chi connectivity index (χ1) is 16.7. The zero-order chi connectivity index (χ0) is 26.2. The highest BCUT2D eigenvalue weighted by Crippen LogP contribution is 2.06. The molecular formula is C23H37N5O5S2. The van der Waals surface area contributed by atoms with Gasteiger partial charge >= 0.3 is 5.97 Å². The molecule has 0 aromatic heterocycles. The van der Waals surface area contributed by atoms with Crippen LogP contribution in [0, 0.1) is 0 Å². The van der Waals surface area contributed by atoms with E-state index >= 15 is 0 Å². The van der Waals surface area contributed by atoms with Crippen molar-refractivity contribution in [3.05, 3.63) is 35.9 Å². The Hall–Kier alpha value is -2.28. The number of carboxylic acids is 1. The number of thioether (sulfide) groups is 1. The van der Waals surface area contributed by atoms with E-state index in [1.54, 1.807) is 0 Å². The molecule has 1 aromatic carbocycles. The number of aliphatic carboxylic acids is 1. The van der Waals surface area contributed by atoms with Crippen LogP contribution in [-0.4, -0.2) is 77.3 Å². The van der Waals surface area contributed by atoms with Crippen molar-refractivity contribution in [3.63, 3.8) is 0 Å². The van der Waals surface area contributed by atoms with E-state index in [0.29, 0.717) is 38.0 Å². The number of carboxylic acid groups (broad SMARTS) is 1. The third-order valence-corrected chi connectivity index (χ3v) is 6.27. The second-order valence-electron chi connectivity index (χ2n) is 8.07. The van der Waals surface area contributed by atoms with Crippen LogP contribution in [0.2, 0.25) is 0 Å². The summed E-state index contributed by atoms with van der Waals surface area (Å²) in [6.07, 6.45) is 3.91. The highest BCUT2D eigenvalue weighted by Gasteiger charge is 2.29. The van der Waals surface area contributed by atoms with Gasteiger partial charge < -0.3 is 32.5 Å². The Morgan fingerprint density at radius 1 is 0.943 bits per heavy atom. The average Bonchev–Trinajstić information content (AvgIpc) is 2.84. The van der Waals surface area contributed by atoms with Crippen LogP contribution in [0.5, 0.6) is 0 Å². The van der Waals surface area contributed by atoms with Crippen molar-refractivity contribution in [3.8, 4) is 0 Å². The monoisotopic (exact) mass is 527 g/mol. The van der Waals surface area contributed by atoms with Gasteiger partial charge in [-0.05, 0) is 56.2 Å². The van der Waals surface area contributed by atoms with Gasteiger partial charge in [-0.3, -0.25) is 14.4 Å². The number of nitrogens with two attached hydrogens (primary N) is 2. The molecule has 8 N–H and O–H groups in total. The lowest BCUT2D eigenvalue weighted by atomic mass is 10.1. The van der Waals surface area contributed by atoms with Gasteiger partial charge in [-0.1, -0.05) is 30.3 Å². The van der Waals surface area contributed by atoms with Crippen LogP contribution in [0.1, 0.15) is 31.2 Å². The Balaban J connectivity index is 2.78. The van der Waals surface area contributed by atoms with E-state index in [2.05, 4.69) is 28.6 Å². The second kappa shape index (κ2) is 17.2. The fraction of sp³-hybridized carbons (Fsp3) is 0.565. The molecule has 0 radical (unpaired) electrons. The van der Waals surface area contributed by atoms with Crippen LogP contribution in [-0.2, 0) is 25.6 Å². The molecule has 0 bridgehead atoms. The van der Waals surface area contributed by atoms with E-state index in [-0.39, 0.29) is 12.2 Å². The lowest BCUT2D eigenvalue weighted by molar-refractivity contribution is -0.142. The third kappa shape index (κ3) is 11.8. The Labute approximate surface area is 216 Å². The quantitative estimate of drug-likeness (QED) is 0.109. The first kappa shape index (κ1) is 30.8. The first-order valence-electron chi connectivity index (χ1n) is 11.5. The number of rotatable bonds is 17. The predicted octanol–water partition coefficient (Wildman–Crippen LogP) is -0.0927. The summed E-state index contributed by atoms with van der Waals surface area (Å²) in [7, 11) is 0. The molecule has 0 heterocycles. The molecule has 4 atom stereocenters. The van der Waals surface area contributed by atoms with Gasteiger partial charge in [0.05, 0.1) is 6.04 Å². The molecule has 0 fully saturated rings. The van der Waals surface area contributed by atoms with E-state index in [1.807, 2.05) is 36.6 Å².